The van der Waals surface area contributed by atoms with E-state index in [1.807, 2.05) is 100 Å². The summed E-state index contributed by atoms with van der Waals surface area (Å²) in [4.78, 5) is 36.8. The lowest BCUT2D eigenvalue weighted by Crippen LogP contribution is -2.56. The predicted molar refractivity (Wildman–Crippen MR) is 167 cm³/mol. The second kappa shape index (κ2) is 12.7. The number of nitrogens with zero attached hydrogens (tertiary/aromatic N) is 3. The van der Waals surface area contributed by atoms with Crippen LogP contribution in [0.25, 0.3) is 10.9 Å². The van der Waals surface area contributed by atoms with Crippen LogP contribution in [-0.4, -0.2) is 73.0 Å². The first kappa shape index (κ1) is 28.5. The molecule has 3 aromatic carbocycles. The number of fused-ring (bicyclic) bond motifs is 1. The van der Waals surface area contributed by atoms with Gasteiger partial charge in [0.15, 0.2) is 0 Å². The average Bonchev–Trinajstić information content (AvgIpc) is 3.39. The average molecular weight is 573 g/mol. The molecule has 5 rings (SSSR count). The van der Waals surface area contributed by atoms with E-state index < -0.39 is 6.04 Å². The number of benzene rings is 3. The quantitative estimate of drug-likeness (QED) is 0.259. The zero-order valence-corrected chi connectivity index (χ0v) is 24.5. The van der Waals surface area contributed by atoms with Crippen LogP contribution in [0, 0.1) is 0 Å². The molecular weight excluding hydrogens is 536 g/mol. The van der Waals surface area contributed by atoms with Crippen molar-refractivity contribution >= 4 is 45.8 Å². The Labute approximate surface area is 246 Å². The SMILES string of the molecule is CC(c1c[nH]c2ccccc12)C(NC(=O)N1CCN(c2cccc(Cl)c2)CC1)C(=O)Nc1cccc(CN(C)C)c1. The smallest absolute Gasteiger partial charge is 0.318 e. The number of halogens is 1. The highest BCUT2D eigenvalue weighted by Gasteiger charge is 2.32. The summed E-state index contributed by atoms with van der Waals surface area (Å²) < 4.78 is 0. The molecule has 1 aromatic heterocycles. The number of anilines is 2. The number of piperazine rings is 1. The minimum absolute atomic E-state index is 0.246. The molecule has 0 saturated carbocycles. The number of urea groups is 1. The van der Waals surface area contributed by atoms with Crippen molar-refractivity contribution in [3.05, 3.63) is 95.1 Å². The standard InChI is InChI=1S/C32H37ClN6O2/c1-22(28-20-34-29-13-5-4-12-27(28)29)30(31(40)35-25-10-6-8-23(18-25)21-37(2)3)36-32(41)39-16-14-38(15-17-39)26-11-7-9-24(33)19-26/h4-13,18-20,22,30,34H,14-17,21H2,1-3H3,(H,35,40)(H,36,41). The zero-order valence-electron chi connectivity index (χ0n) is 23.7. The molecule has 2 atom stereocenters. The molecule has 1 fully saturated rings. The fraction of sp³-hybridized carbons (Fsp3) is 0.312. The van der Waals surface area contributed by atoms with E-state index in [0.29, 0.717) is 36.9 Å². The van der Waals surface area contributed by atoms with E-state index in [2.05, 4.69) is 25.4 Å². The Morgan fingerprint density at radius 1 is 0.976 bits per heavy atom. The Bertz CT molecular complexity index is 1510. The van der Waals surface area contributed by atoms with Crippen LogP contribution in [0.15, 0.2) is 79.0 Å². The van der Waals surface area contributed by atoms with E-state index in [1.165, 1.54) is 0 Å². The van der Waals surface area contributed by atoms with Crippen LogP contribution in [-0.2, 0) is 11.3 Å². The second-order valence-electron chi connectivity index (χ2n) is 10.9. The van der Waals surface area contributed by atoms with Gasteiger partial charge >= 0.3 is 6.03 Å². The molecule has 8 nitrogen and oxygen atoms in total. The Kier molecular flexibility index (Phi) is 8.81. The maximum atomic E-state index is 13.8. The maximum Gasteiger partial charge on any atom is 0.318 e. The molecule has 0 bridgehead atoms. The van der Waals surface area contributed by atoms with Gasteiger partial charge in [0, 0.05) is 72.1 Å². The van der Waals surface area contributed by atoms with Gasteiger partial charge in [0.05, 0.1) is 0 Å². The first-order chi connectivity index (χ1) is 19.8. The molecule has 2 heterocycles. The van der Waals surface area contributed by atoms with Crippen LogP contribution in [0.1, 0.15) is 24.0 Å². The van der Waals surface area contributed by atoms with Crippen molar-refractivity contribution in [2.24, 2.45) is 0 Å². The maximum absolute atomic E-state index is 13.8. The van der Waals surface area contributed by atoms with Crippen LogP contribution in [0.3, 0.4) is 0 Å². The fourth-order valence-electron chi connectivity index (χ4n) is 5.47. The molecule has 214 valence electrons. The number of aromatic amines is 1. The highest BCUT2D eigenvalue weighted by atomic mass is 35.5. The summed E-state index contributed by atoms with van der Waals surface area (Å²) in [5.41, 5.74) is 4.81. The lowest BCUT2D eigenvalue weighted by atomic mass is 9.92. The summed E-state index contributed by atoms with van der Waals surface area (Å²) in [5, 5.41) is 7.88. The topological polar surface area (TPSA) is 83.7 Å². The number of nitrogens with one attached hydrogen (secondary N) is 3. The number of aromatic nitrogens is 1. The number of hydrogen-bond donors (Lipinski definition) is 3. The van der Waals surface area contributed by atoms with Crippen molar-refractivity contribution in [2.75, 3.05) is 50.5 Å². The van der Waals surface area contributed by atoms with Gasteiger partial charge in [0.1, 0.15) is 6.04 Å². The van der Waals surface area contributed by atoms with Gasteiger partial charge in [-0.2, -0.15) is 0 Å². The Balaban J connectivity index is 1.33. The monoisotopic (exact) mass is 572 g/mol. The molecule has 3 amide bonds. The lowest BCUT2D eigenvalue weighted by Gasteiger charge is -2.37. The van der Waals surface area contributed by atoms with Crippen molar-refractivity contribution in [2.45, 2.75) is 25.4 Å². The number of H-pyrrole nitrogens is 1. The van der Waals surface area contributed by atoms with Gasteiger partial charge in [-0.05, 0) is 61.6 Å². The molecule has 3 N–H and O–H groups in total. The van der Waals surface area contributed by atoms with Crippen LogP contribution in [0.4, 0.5) is 16.2 Å². The van der Waals surface area contributed by atoms with Gasteiger partial charge in [0.2, 0.25) is 5.91 Å². The van der Waals surface area contributed by atoms with Gasteiger partial charge in [-0.25, -0.2) is 4.79 Å². The third kappa shape index (κ3) is 6.84. The fourth-order valence-corrected chi connectivity index (χ4v) is 5.65. The molecule has 0 radical (unpaired) electrons. The Hall–Kier alpha value is -4.01. The van der Waals surface area contributed by atoms with Gasteiger partial charge in [-0.15, -0.1) is 0 Å². The number of amides is 3. The summed E-state index contributed by atoms with van der Waals surface area (Å²) in [5.74, 6) is -0.538. The Morgan fingerprint density at radius 3 is 2.49 bits per heavy atom. The molecule has 4 aromatic rings. The molecule has 0 spiro atoms. The summed E-state index contributed by atoms with van der Waals surface area (Å²) >= 11 is 6.18. The van der Waals surface area contributed by atoms with E-state index in [4.69, 9.17) is 11.6 Å². The minimum Gasteiger partial charge on any atom is -0.368 e. The number of para-hydroxylation sites is 1. The third-order valence-electron chi connectivity index (χ3n) is 7.61. The van der Waals surface area contributed by atoms with E-state index >= 15 is 0 Å². The number of carbonyl (C=O) groups is 2. The van der Waals surface area contributed by atoms with Crippen molar-refractivity contribution in [1.29, 1.82) is 0 Å². The van der Waals surface area contributed by atoms with E-state index in [1.54, 1.807) is 4.90 Å². The number of carbonyl (C=O) groups excluding carboxylic acids is 2. The molecule has 0 aliphatic carbocycles. The van der Waals surface area contributed by atoms with Gasteiger partial charge in [0.25, 0.3) is 0 Å². The van der Waals surface area contributed by atoms with Crippen LogP contribution < -0.4 is 15.5 Å². The second-order valence-corrected chi connectivity index (χ2v) is 11.3. The highest BCUT2D eigenvalue weighted by Crippen LogP contribution is 2.29. The number of hydrogen-bond acceptors (Lipinski definition) is 4. The number of rotatable bonds is 8. The van der Waals surface area contributed by atoms with Gasteiger partial charge in [-0.1, -0.05) is 54.9 Å². The van der Waals surface area contributed by atoms with E-state index in [9.17, 15) is 9.59 Å². The molecule has 1 aliphatic rings. The van der Waals surface area contributed by atoms with Gasteiger partial charge in [-0.3, -0.25) is 4.79 Å². The summed E-state index contributed by atoms with van der Waals surface area (Å²) in [7, 11) is 4.02. The first-order valence-corrected chi connectivity index (χ1v) is 14.3. The first-order valence-electron chi connectivity index (χ1n) is 13.9. The molecule has 1 saturated heterocycles. The lowest BCUT2D eigenvalue weighted by molar-refractivity contribution is -0.118. The Morgan fingerprint density at radius 2 is 1.73 bits per heavy atom. The van der Waals surface area contributed by atoms with Gasteiger partial charge < -0.3 is 30.3 Å². The van der Waals surface area contributed by atoms with E-state index in [0.717, 1.165) is 34.3 Å². The van der Waals surface area contributed by atoms with Crippen LogP contribution >= 0.6 is 11.6 Å². The van der Waals surface area contributed by atoms with Crippen molar-refractivity contribution in [3.8, 4) is 0 Å². The minimum atomic E-state index is -0.787. The van der Waals surface area contributed by atoms with Crippen LogP contribution in [0.2, 0.25) is 5.02 Å². The summed E-state index contributed by atoms with van der Waals surface area (Å²) in [6.07, 6.45) is 1.93. The summed E-state index contributed by atoms with van der Waals surface area (Å²) in [6.45, 7) is 5.19. The van der Waals surface area contributed by atoms with Crippen molar-refractivity contribution in [1.82, 2.24) is 20.1 Å². The van der Waals surface area contributed by atoms with E-state index in [-0.39, 0.29) is 17.9 Å². The molecule has 2 unspecified atom stereocenters. The zero-order chi connectivity index (χ0) is 28.9. The molecular formula is C32H37ClN6O2. The third-order valence-corrected chi connectivity index (χ3v) is 7.84. The normalized spacial score (nSPS) is 15.1. The van der Waals surface area contributed by atoms with Crippen molar-refractivity contribution in [3.63, 3.8) is 0 Å². The summed E-state index contributed by atoms with van der Waals surface area (Å²) in [6, 6.07) is 22.5. The molecule has 9 heteroatoms. The van der Waals surface area contributed by atoms with Crippen molar-refractivity contribution < 1.29 is 9.59 Å². The highest BCUT2D eigenvalue weighted by molar-refractivity contribution is 6.30. The molecule has 41 heavy (non-hydrogen) atoms. The molecule has 1 aliphatic heterocycles. The van der Waals surface area contributed by atoms with Crippen LogP contribution in [0.5, 0.6) is 0 Å². The predicted octanol–water partition coefficient (Wildman–Crippen LogP) is 5.53. The largest absolute Gasteiger partial charge is 0.368 e.